The van der Waals surface area contributed by atoms with E-state index in [2.05, 4.69) is 5.32 Å². The lowest BCUT2D eigenvalue weighted by Crippen LogP contribution is -2.42. The number of carbonyl (C=O) groups is 3. The van der Waals surface area contributed by atoms with E-state index < -0.39 is 27.9 Å². The molecule has 188 valence electrons. The van der Waals surface area contributed by atoms with Crippen molar-refractivity contribution in [3.8, 4) is 0 Å². The Hall–Kier alpha value is -3.24. The van der Waals surface area contributed by atoms with Crippen LogP contribution in [0.1, 0.15) is 45.5 Å². The van der Waals surface area contributed by atoms with E-state index in [1.165, 1.54) is 36.7 Å². The molecule has 35 heavy (non-hydrogen) atoms. The van der Waals surface area contributed by atoms with E-state index in [0.29, 0.717) is 25.7 Å². The van der Waals surface area contributed by atoms with Crippen LogP contribution < -0.4 is 5.32 Å². The van der Waals surface area contributed by atoms with E-state index in [4.69, 9.17) is 9.47 Å². The average molecular weight is 503 g/mol. The van der Waals surface area contributed by atoms with Crippen molar-refractivity contribution in [2.45, 2.75) is 25.7 Å². The lowest BCUT2D eigenvalue weighted by Gasteiger charge is -2.30. The SMILES string of the molecule is COC(=O)c1cc(NC(=O)C2CCN(S(=O)(=O)CCCc3ccccc3)CC2)cc(C(=O)OC)c1. The Labute approximate surface area is 205 Å². The highest BCUT2D eigenvalue weighted by Gasteiger charge is 2.31. The predicted octanol–water partition coefficient (Wildman–Crippen LogP) is 2.87. The maximum absolute atomic E-state index is 12.8. The second-order valence-corrected chi connectivity index (χ2v) is 10.4. The number of carbonyl (C=O) groups excluding carboxylic acids is 3. The third kappa shape index (κ3) is 7.12. The van der Waals surface area contributed by atoms with Gasteiger partial charge in [0.1, 0.15) is 0 Å². The molecule has 10 heteroatoms. The second-order valence-electron chi connectivity index (χ2n) is 8.35. The van der Waals surface area contributed by atoms with E-state index >= 15 is 0 Å². The van der Waals surface area contributed by atoms with Crippen LogP contribution in [0.5, 0.6) is 0 Å². The molecule has 1 N–H and O–H groups in total. The lowest BCUT2D eigenvalue weighted by atomic mass is 9.97. The summed E-state index contributed by atoms with van der Waals surface area (Å²) >= 11 is 0. The van der Waals surface area contributed by atoms with Crippen LogP contribution in [0.15, 0.2) is 48.5 Å². The number of hydrogen-bond acceptors (Lipinski definition) is 7. The quantitative estimate of drug-likeness (QED) is 0.524. The fourth-order valence-corrected chi connectivity index (χ4v) is 5.58. The van der Waals surface area contributed by atoms with Gasteiger partial charge in [-0.2, -0.15) is 0 Å². The summed E-state index contributed by atoms with van der Waals surface area (Å²) in [6, 6.07) is 13.9. The third-order valence-corrected chi connectivity index (χ3v) is 7.93. The minimum absolute atomic E-state index is 0.0649. The molecule has 1 amide bonds. The minimum atomic E-state index is -3.40. The molecule has 1 aliphatic heterocycles. The van der Waals surface area contributed by atoms with Crippen LogP contribution in [0.25, 0.3) is 0 Å². The Bertz CT molecular complexity index is 1120. The summed E-state index contributed by atoms with van der Waals surface area (Å²) in [7, 11) is -0.964. The number of amides is 1. The summed E-state index contributed by atoms with van der Waals surface area (Å²) in [5.74, 6) is -1.94. The number of anilines is 1. The fraction of sp³-hybridized carbons (Fsp3) is 0.400. The zero-order valence-electron chi connectivity index (χ0n) is 19.9. The average Bonchev–Trinajstić information content (AvgIpc) is 2.88. The van der Waals surface area contributed by atoms with E-state index in [0.717, 1.165) is 5.56 Å². The molecule has 2 aromatic rings. The van der Waals surface area contributed by atoms with Crippen molar-refractivity contribution >= 4 is 33.6 Å². The van der Waals surface area contributed by atoms with Gasteiger partial charge in [0, 0.05) is 24.7 Å². The van der Waals surface area contributed by atoms with Crippen molar-refractivity contribution in [2.24, 2.45) is 5.92 Å². The fourth-order valence-electron chi connectivity index (χ4n) is 4.04. The number of ether oxygens (including phenoxy) is 2. The number of esters is 2. The van der Waals surface area contributed by atoms with Crippen molar-refractivity contribution < 1.29 is 32.3 Å². The number of nitrogens with one attached hydrogen (secondary N) is 1. The number of sulfonamides is 1. The zero-order chi connectivity index (χ0) is 25.4. The molecule has 2 aromatic carbocycles. The van der Waals surface area contributed by atoms with E-state index in [-0.39, 0.29) is 41.6 Å². The van der Waals surface area contributed by atoms with E-state index in [9.17, 15) is 22.8 Å². The van der Waals surface area contributed by atoms with Gasteiger partial charge in [0.2, 0.25) is 15.9 Å². The number of benzene rings is 2. The van der Waals surface area contributed by atoms with Crippen LogP contribution in [0.2, 0.25) is 0 Å². The molecule has 0 atom stereocenters. The van der Waals surface area contributed by atoms with Crippen molar-refractivity contribution in [1.29, 1.82) is 0 Å². The standard InChI is InChI=1S/C25H30N2O7S/c1-33-24(29)20-15-21(25(30)34-2)17-22(16-20)26-23(28)19-10-12-27(13-11-19)35(31,32)14-6-9-18-7-4-3-5-8-18/h3-5,7-8,15-17,19H,6,9-14H2,1-2H3,(H,26,28). The van der Waals surface area contributed by atoms with Crippen LogP contribution in [0.4, 0.5) is 5.69 Å². The summed E-state index contributed by atoms with van der Waals surface area (Å²) in [6.45, 7) is 0.530. The molecule has 3 rings (SSSR count). The third-order valence-electron chi connectivity index (χ3n) is 5.97. The molecule has 0 bridgehead atoms. The maximum Gasteiger partial charge on any atom is 0.337 e. The number of aryl methyl sites for hydroxylation is 1. The number of methoxy groups -OCH3 is 2. The lowest BCUT2D eigenvalue weighted by molar-refractivity contribution is -0.120. The predicted molar refractivity (Wildman–Crippen MR) is 131 cm³/mol. The van der Waals surface area contributed by atoms with Crippen LogP contribution in [-0.4, -0.2) is 63.6 Å². The largest absolute Gasteiger partial charge is 0.465 e. The van der Waals surface area contributed by atoms with Crippen molar-refractivity contribution in [3.05, 3.63) is 65.2 Å². The molecule has 0 aliphatic carbocycles. The monoisotopic (exact) mass is 502 g/mol. The van der Waals surface area contributed by atoms with Gasteiger partial charge < -0.3 is 14.8 Å². The molecule has 1 saturated heterocycles. The highest BCUT2D eigenvalue weighted by molar-refractivity contribution is 7.89. The molecule has 1 heterocycles. The highest BCUT2D eigenvalue weighted by Crippen LogP contribution is 2.24. The van der Waals surface area contributed by atoms with Crippen LogP contribution in [-0.2, 0) is 30.7 Å². The smallest absolute Gasteiger partial charge is 0.337 e. The Morgan fingerprint density at radius 3 is 2.06 bits per heavy atom. The van der Waals surface area contributed by atoms with Gasteiger partial charge in [-0.05, 0) is 49.4 Å². The summed E-state index contributed by atoms with van der Waals surface area (Å²) < 4.78 is 36.4. The van der Waals surface area contributed by atoms with Gasteiger partial charge in [0.25, 0.3) is 0 Å². The topological polar surface area (TPSA) is 119 Å². The first-order chi connectivity index (χ1) is 16.7. The van der Waals surface area contributed by atoms with E-state index in [1.54, 1.807) is 0 Å². The van der Waals surface area contributed by atoms with Crippen molar-refractivity contribution in [2.75, 3.05) is 38.4 Å². The summed E-state index contributed by atoms with van der Waals surface area (Å²) in [4.78, 5) is 36.7. The van der Waals surface area contributed by atoms with Gasteiger partial charge in [-0.15, -0.1) is 0 Å². The Kier molecular flexibility index (Phi) is 9.00. The number of nitrogens with zero attached hydrogens (tertiary/aromatic N) is 1. The molecule has 1 aliphatic rings. The molecule has 0 radical (unpaired) electrons. The Morgan fingerprint density at radius 1 is 0.943 bits per heavy atom. The molecule has 0 saturated carbocycles. The van der Waals surface area contributed by atoms with E-state index in [1.807, 2.05) is 30.3 Å². The van der Waals surface area contributed by atoms with Gasteiger partial charge in [0.15, 0.2) is 0 Å². The maximum atomic E-state index is 12.8. The normalized spacial score (nSPS) is 14.8. The van der Waals surface area contributed by atoms with Gasteiger partial charge in [-0.1, -0.05) is 30.3 Å². The first-order valence-electron chi connectivity index (χ1n) is 11.4. The molecule has 1 fully saturated rings. The summed E-state index contributed by atoms with van der Waals surface area (Å²) in [5.41, 5.74) is 1.56. The van der Waals surface area contributed by atoms with Gasteiger partial charge in [0.05, 0.1) is 31.1 Å². The van der Waals surface area contributed by atoms with Crippen LogP contribution >= 0.6 is 0 Å². The van der Waals surface area contributed by atoms with Crippen molar-refractivity contribution in [1.82, 2.24) is 4.31 Å². The molecule has 9 nitrogen and oxygen atoms in total. The Morgan fingerprint density at radius 2 is 1.51 bits per heavy atom. The summed E-state index contributed by atoms with van der Waals surface area (Å²) in [5, 5.41) is 2.73. The molecule has 0 unspecified atom stereocenters. The second kappa shape index (κ2) is 11.9. The van der Waals surface area contributed by atoms with Crippen LogP contribution in [0.3, 0.4) is 0 Å². The molecular formula is C25H30N2O7S. The molecule has 0 aromatic heterocycles. The van der Waals surface area contributed by atoms with Gasteiger partial charge in [-0.25, -0.2) is 22.3 Å². The van der Waals surface area contributed by atoms with Gasteiger partial charge >= 0.3 is 11.9 Å². The number of piperidine rings is 1. The molecule has 0 spiro atoms. The van der Waals surface area contributed by atoms with Gasteiger partial charge in [-0.3, -0.25) is 4.79 Å². The van der Waals surface area contributed by atoms with Crippen LogP contribution in [0, 0.1) is 5.92 Å². The van der Waals surface area contributed by atoms with Crippen molar-refractivity contribution in [3.63, 3.8) is 0 Å². The summed E-state index contributed by atoms with van der Waals surface area (Å²) in [6.07, 6.45) is 1.98. The minimum Gasteiger partial charge on any atom is -0.465 e. The number of rotatable bonds is 9. The molecular weight excluding hydrogens is 472 g/mol. The highest BCUT2D eigenvalue weighted by atomic mass is 32.2. The first-order valence-corrected chi connectivity index (χ1v) is 13.0. The number of hydrogen-bond donors (Lipinski definition) is 1. The Balaban J connectivity index is 1.57. The first kappa shape index (κ1) is 26.4. The zero-order valence-corrected chi connectivity index (χ0v) is 20.7.